The first-order valence-electron chi connectivity index (χ1n) is 9.42. The molecule has 0 unspecified atom stereocenters. The Kier molecular flexibility index (Phi) is 5.08. The highest BCUT2D eigenvalue weighted by atomic mass is 16.5. The Morgan fingerprint density at radius 2 is 1.71 bits per heavy atom. The molecule has 0 saturated carbocycles. The second-order valence-corrected chi connectivity index (χ2v) is 7.03. The first-order chi connectivity index (χ1) is 14.8. The summed E-state index contributed by atoms with van der Waals surface area (Å²) in [6.45, 7) is 1.99. The van der Waals surface area contributed by atoms with Gasteiger partial charge in [-0.25, -0.2) is 14.8 Å². The van der Waals surface area contributed by atoms with Gasteiger partial charge in [-0.05, 0) is 37.3 Å². The summed E-state index contributed by atoms with van der Waals surface area (Å²) < 4.78 is 7.90. The van der Waals surface area contributed by atoms with Crippen LogP contribution < -0.4 is 21.3 Å². The van der Waals surface area contributed by atoms with Crippen LogP contribution in [0.3, 0.4) is 0 Å². The van der Waals surface area contributed by atoms with Crippen molar-refractivity contribution in [1.82, 2.24) is 19.1 Å². The predicted molar refractivity (Wildman–Crippen MR) is 116 cm³/mol. The Morgan fingerprint density at radius 3 is 2.39 bits per heavy atom. The number of hydrogen-bond donors (Lipinski definition) is 1. The van der Waals surface area contributed by atoms with E-state index in [1.165, 1.54) is 37.0 Å². The molecule has 0 aliphatic rings. The van der Waals surface area contributed by atoms with E-state index < -0.39 is 17.2 Å². The van der Waals surface area contributed by atoms with Gasteiger partial charge < -0.3 is 10.1 Å². The SMILES string of the molecule is Cc1ccc(Oc2ccc(NC(=O)c3ccc4c(=O)n(C)c(=O)n(C)c4n3)cn2)cc1. The maximum atomic E-state index is 12.6. The molecule has 0 spiro atoms. The van der Waals surface area contributed by atoms with E-state index in [1.807, 2.05) is 31.2 Å². The van der Waals surface area contributed by atoms with Crippen LogP contribution in [0.25, 0.3) is 11.0 Å². The largest absolute Gasteiger partial charge is 0.439 e. The zero-order chi connectivity index (χ0) is 22.1. The van der Waals surface area contributed by atoms with Crippen LogP contribution in [0.15, 0.2) is 64.3 Å². The van der Waals surface area contributed by atoms with E-state index >= 15 is 0 Å². The molecular weight excluding hydrogens is 398 g/mol. The van der Waals surface area contributed by atoms with Gasteiger partial charge in [0.2, 0.25) is 5.88 Å². The van der Waals surface area contributed by atoms with Gasteiger partial charge >= 0.3 is 5.69 Å². The molecule has 9 heteroatoms. The number of benzene rings is 1. The predicted octanol–water partition coefficient (Wildman–Crippen LogP) is 2.38. The normalized spacial score (nSPS) is 10.8. The molecular formula is C22H19N5O4. The number of amides is 1. The van der Waals surface area contributed by atoms with Crippen molar-refractivity contribution < 1.29 is 9.53 Å². The van der Waals surface area contributed by atoms with E-state index in [0.29, 0.717) is 17.3 Å². The maximum Gasteiger partial charge on any atom is 0.332 e. The Labute approximate surface area is 176 Å². The van der Waals surface area contributed by atoms with Crippen molar-refractivity contribution in [3.05, 3.63) is 86.8 Å². The highest BCUT2D eigenvalue weighted by molar-refractivity contribution is 6.03. The van der Waals surface area contributed by atoms with E-state index in [9.17, 15) is 14.4 Å². The Balaban J connectivity index is 1.54. The average Bonchev–Trinajstić information content (AvgIpc) is 2.78. The summed E-state index contributed by atoms with van der Waals surface area (Å²) in [6.07, 6.45) is 1.47. The zero-order valence-corrected chi connectivity index (χ0v) is 17.1. The fourth-order valence-electron chi connectivity index (χ4n) is 3.02. The molecule has 4 aromatic rings. The van der Waals surface area contributed by atoms with E-state index in [2.05, 4.69) is 15.3 Å². The summed E-state index contributed by atoms with van der Waals surface area (Å²) in [5.41, 5.74) is 0.792. The molecule has 0 fully saturated rings. The molecule has 3 aromatic heterocycles. The number of pyridine rings is 2. The van der Waals surface area contributed by atoms with E-state index in [4.69, 9.17) is 4.74 Å². The van der Waals surface area contributed by atoms with Crippen LogP contribution in [-0.2, 0) is 14.1 Å². The van der Waals surface area contributed by atoms with Gasteiger partial charge in [-0.2, -0.15) is 0 Å². The number of carbonyl (C=O) groups is 1. The number of aromatic nitrogens is 4. The minimum Gasteiger partial charge on any atom is -0.439 e. The lowest BCUT2D eigenvalue weighted by Crippen LogP contribution is -2.37. The number of fused-ring (bicyclic) bond motifs is 1. The van der Waals surface area contributed by atoms with Crippen molar-refractivity contribution in [3.8, 4) is 11.6 Å². The third-order valence-electron chi connectivity index (χ3n) is 4.77. The van der Waals surface area contributed by atoms with E-state index in [-0.39, 0.29) is 16.7 Å². The smallest absolute Gasteiger partial charge is 0.332 e. The van der Waals surface area contributed by atoms with Crippen LogP contribution in [0.5, 0.6) is 11.6 Å². The fourth-order valence-corrected chi connectivity index (χ4v) is 3.02. The molecule has 0 aliphatic heterocycles. The highest BCUT2D eigenvalue weighted by Gasteiger charge is 2.14. The first kappa shape index (κ1) is 20.0. The van der Waals surface area contributed by atoms with Crippen molar-refractivity contribution in [2.45, 2.75) is 6.92 Å². The highest BCUT2D eigenvalue weighted by Crippen LogP contribution is 2.21. The molecule has 0 radical (unpaired) electrons. The second-order valence-electron chi connectivity index (χ2n) is 7.03. The molecule has 4 rings (SSSR count). The van der Waals surface area contributed by atoms with Gasteiger partial charge in [-0.3, -0.25) is 18.7 Å². The van der Waals surface area contributed by atoms with Gasteiger partial charge in [0.1, 0.15) is 17.1 Å². The van der Waals surface area contributed by atoms with Gasteiger partial charge in [0.05, 0.1) is 17.3 Å². The Hall–Kier alpha value is -4.27. The Bertz CT molecular complexity index is 1400. The van der Waals surface area contributed by atoms with E-state index in [0.717, 1.165) is 10.1 Å². The van der Waals surface area contributed by atoms with Gasteiger partial charge in [0, 0.05) is 20.2 Å². The van der Waals surface area contributed by atoms with Gasteiger partial charge in [-0.15, -0.1) is 0 Å². The minimum atomic E-state index is -0.518. The Morgan fingerprint density at radius 1 is 0.968 bits per heavy atom. The molecule has 31 heavy (non-hydrogen) atoms. The second kappa shape index (κ2) is 7.86. The number of nitrogens with zero attached hydrogens (tertiary/aromatic N) is 4. The number of aryl methyl sites for hydroxylation is 2. The topological polar surface area (TPSA) is 108 Å². The van der Waals surface area contributed by atoms with Crippen molar-refractivity contribution in [3.63, 3.8) is 0 Å². The van der Waals surface area contributed by atoms with Crippen LogP contribution in [0.1, 0.15) is 16.1 Å². The summed E-state index contributed by atoms with van der Waals surface area (Å²) in [6, 6.07) is 13.8. The van der Waals surface area contributed by atoms with Crippen molar-refractivity contribution in [2.24, 2.45) is 14.1 Å². The summed E-state index contributed by atoms with van der Waals surface area (Å²) in [5.74, 6) is 0.549. The molecule has 1 aromatic carbocycles. The van der Waals surface area contributed by atoms with Gasteiger partial charge in [0.25, 0.3) is 11.5 Å². The number of ether oxygens (including phenoxy) is 1. The first-order valence-corrected chi connectivity index (χ1v) is 9.42. The standard InChI is InChI=1S/C22H19N5O4/c1-13-4-7-15(8-5-13)31-18-11-6-14(12-23-18)24-20(28)17-10-9-16-19(25-17)26(2)22(30)27(3)21(16)29/h4-12H,1-3H3,(H,24,28). The lowest BCUT2D eigenvalue weighted by atomic mass is 10.2. The molecule has 0 saturated heterocycles. The van der Waals surface area contributed by atoms with Crippen molar-refractivity contribution in [1.29, 1.82) is 0 Å². The van der Waals surface area contributed by atoms with Crippen LogP contribution in [0.4, 0.5) is 5.69 Å². The molecule has 1 N–H and O–H groups in total. The molecule has 9 nitrogen and oxygen atoms in total. The summed E-state index contributed by atoms with van der Waals surface area (Å²) in [7, 11) is 2.89. The third kappa shape index (κ3) is 3.93. The fraction of sp³-hybridized carbons (Fsp3) is 0.136. The summed E-state index contributed by atoms with van der Waals surface area (Å²) in [5, 5.41) is 2.94. The summed E-state index contributed by atoms with van der Waals surface area (Å²) >= 11 is 0. The molecule has 1 amide bonds. The monoisotopic (exact) mass is 417 g/mol. The summed E-state index contributed by atoms with van der Waals surface area (Å²) in [4.78, 5) is 45.4. The molecule has 0 bridgehead atoms. The lowest BCUT2D eigenvalue weighted by Gasteiger charge is -2.09. The molecule has 3 heterocycles. The number of anilines is 1. The number of nitrogens with one attached hydrogen (secondary N) is 1. The maximum absolute atomic E-state index is 12.6. The lowest BCUT2D eigenvalue weighted by molar-refractivity contribution is 0.102. The molecule has 0 aliphatic carbocycles. The minimum absolute atomic E-state index is 0.0655. The van der Waals surface area contributed by atoms with Crippen molar-refractivity contribution in [2.75, 3.05) is 5.32 Å². The van der Waals surface area contributed by atoms with Crippen LogP contribution in [-0.4, -0.2) is 25.0 Å². The van der Waals surface area contributed by atoms with Crippen LogP contribution in [0.2, 0.25) is 0 Å². The average molecular weight is 417 g/mol. The van der Waals surface area contributed by atoms with E-state index in [1.54, 1.807) is 12.1 Å². The van der Waals surface area contributed by atoms with Gasteiger partial charge in [-0.1, -0.05) is 17.7 Å². The number of hydrogen-bond acceptors (Lipinski definition) is 6. The van der Waals surface area contributed by atoms with Crippen molar-refractivity contribution >= 4 is 22.6 Å². The quantitative estimate of drug-likeness (QED) is 0.546. The number of carbonyl (C=O) groups excluding carboxylic acids is 1. The zero-order valence-electron chi connectivity index (χ0n) is 17.1. The molecule has 0 atom stereocenters. The van der Waals surface area contributed by atoms with Crippen LogP contribution in [0, 0.1) is 6.92 Å². The third-order valence-corrected chi connectivity index (χ3v) is 4.77. The van der Waals surface area contributed by atoms with Crippen LogP contribution >= 0.6 is 0 Å². The number of rotatable bonds is 4. The van der Waals surface area contributed by atoms with Gasteiger partial charge in [0.15, 0.2) is 0 Å². The molecule has 156 valence electrons.